The van der Waals surface area contributed by atoms with Crippen LogP contribution in [-0.4, -0.2) is 15.0 Å². The molecule has 11 aromatic rings. The topological polar surface area (TPSA) is 51.8 Å². The fraction of sp³-hybridized carbons (Fsp3) is 0.0192. The summed E-state index contributed by atoms with van der Waals surface area (Å²) >= 11 is 1.86. The molecule has 0 N–H and O–H groups in total. The molecule has 8 aromatic carbocycles. The average molecular weight is 746 g/mol. The monoisotopic (exact) mass is 745 g/mol. The van der Waals surface area contributed by atoms with Gasteiger partial charge in [-0.25, -0.2) is 15.0 Å². The van der Waals surface area contributed by atoms with Gasteiger partial charge in [-0.1, -0.05) is 152 Å². The van der Waals surface area contributed by atoms with E-state index >= 15 is 0 Å². The summed E-state index contributed by atoms with van der Waals surface area (Å²) in [5.41, 5.74) is 11.5. The van der Waals surface area contributed by atoms with E-state index in [2.05, 4.69) is 127 Å². The number of rotatable bonds is 5. The number of benzene rings is 8. The Balaban J connectivity index is 1.04. The molecule has 3 heterocycles. The number of hydrogen-bond acceptors (Lipinski definition) is 5. The predicted molar refractivity (Wildman–Crippen MR) is 234 cm³/mol. The minimum atomic E-state index is -0.529. The third kappa shape index (κ3) is 4.82. The first-order valence-corrected chi connectivity index (χ1v) is 20.0. The van der Waals surface area contributed by atoms with E-state index in [9.17, 15) is 0 Å². The Morgan fingerprint density at radius 3 is 1.67 bits per heavy atom. The molecule has 57 heavy (non-hydrogen) atoms. The highest BCUT2D eigenvalue weighted by atomic mass is 32.1. The molecular formula is C52H31N3OS. The first-order valence-electron chi connectivity index (χ1n) is 19.2. The fourth-order valence-corrected chi connectivity index (χ4v) is 10.2. The molecule has 0 aliphatic heterocycles. The van der Waals surface area contributed by atoms with Crippen LogP contribution >= 0.6 is 11.3 Å². The SMILES string of the molecule is c1ccc(-c2nc(-c3ccc(C4(c5ccc6c(c5)sc5ccccc56)c5ccccc5-c5ccccc54)cc3)nc(-c3ccc4oc5ccccc5c4c3)n2)cc1. The lowest BCUT2D eigenvalue weighted by Gasteiger charge is -2.34. The number of aromatic nitrogens is 3. The normalized spacial score (nSPS) is 13.1. The molecular weight excluding hydrogens is 715 g/mol. The summed E-state index contributed by atoms with van der Waals surface area (Å²) in [5, 5.41) is 4.70. The van der Waals surface area contributed by atoms with Crippen molar-refractivity contribution in [3.8, 4) is 45.3 Å². The summed E-state index contributed by atoms with van der Waals surface area (Å²) in [6.07, 6.45) is 0. The van der Waals surface area contributed by atoms with Gasteiger partial charge in [0.2, 0.25) is 0 Å². The molecule has 0 amide bonds. The third-order valence-electron chi connectivity index (χ3n) is 11.6. The van der Waals surface area contributed by atoms with Gasteiger partial charge in [-0.3, -0.25) is 0 Å². The summed E-state index contributed by atoms with van der Waals surface area (Å²) < 4.78 is 8.75. The van der Waals surface area contributed by atoms with Crippen molar-refractivity contribution in [3.05, 3.63) is 210 Å². The maximum Gasteiger partial charge on any atom is 0.164 e. The van der Waals surface area contributed by atoms with Gasteiger partial charge >= 0.3 is 0 Å². The second-order valence-electron chi connectivity index (χ2n) is 14.7. The van der Waals surface area contributed by atoms with Gasteiger partial charge in [0, 0.05) is 47.6 Å². The minimum Gasteiger partial charge on any atom is -0.456 e. The fourth-order valence-electron chi connectivity index (χ4n) is 9.07. The highest BCUT2D eigenvalue weighted by Gasteiger charge is 2.46. The van der Waals surface area contributed by atoms with Crippen LogP contribution in [0.3, 0.4) is 0 Å². The number of fused-ring (bicyclic) bond motifs is 9. The van der Waals surface area contributed by atoms with E-state index in [-0.39, 0.29) is 0 Å². The maximum atomic E-state index is 6.15. The first kappa shape index (κ1) is 32.1. The Bertz CT molecular complexity index is 3320. The lowest BCUT2D eigenvalue weighted by Crippen LogP contribution is -2.28. The van der Waals surface area contributed by atoms with Crippen molar-refractivity contribution in [2.24, 2.45) is 0 Å². The molecule has 1 aliphatic carbocycles. The molecule has 0 unspecified atom stereocenters. The van der Waals surface area contributed by atoms with E-state index in [1.165, 1.54) is 53.6 Å². The smallest absolute Gasteiger partial charge is 0.164 e. The van der Waals surface area contributed by atoms with Gasteiger partial charge in [0.25, 0.3) is 0 Å². The Hall–Kier alpha value is -7.21. The lowest BCUT2D eigenvalue weighted by molar-refractivity contribution is 0.669. The van der Waals surface area contributed by atoms with E-state index in [1.54, 1.807) is 0 Å². The zero-order chi connectivity index (χ0) is 37.5. The summed E-state index contributed by atoms with van der Waals surface area (Å²) in [5.74, 6) is 1.86. The summed E-state index contributed by atoms with van der Waals surface area (Å²) in [7, 11) is 0. The summed E-state index contributed by atoms with van der Waals surface area (Å²) in [6, 6.07) is 67.0. The molecule has 266 valence electrons. The maximum absolute atomic E-state index is 6.15. The second kappa shape index (κ2) is 12.4. The number of para-hydroxylation sites is 1. The van der Waals surface area contributed by atoms with Crippen molar-refractivity contribution >= 4 is 53.4 Å². The van der Waals surface area contributed by atoms with Gasteiger partial charge < -0.3 is 4.42 Å². The summed E-state index contributed by atoms with van der Waals surface area (Å²) in [6.45, 7) is 0. The Kier molecular flexibility index (Phi) is 6.98. The van der Waals surface area contributed by atoms with Crippen LogP contribution in [-0.2, 0) is 5.41 Å². The van der Waals surface area contributed by atoms with Crippen molar-refractivity contribution in [1.82, 2.24) is 15.0 Å². The highest BCUT2D eigenvalue weighted by molar-refractivity contribution is 7.25. The van der Waals surface area contributed by atoms with Crippen LogP contribution in [0.1, 0.15) is 22.3 Å². The van der Waals surface area contributed by atoms with Gasteiger partial charge in [-0.2, -0.15) is 0 Å². The molecule has 5 heteroatoms. The van der Waals surface area contributed by atoms with E-state index in [0.717, 1.165) is 38.6 Å². The molecule has 12 rings (SSSR count). The predicted octanol–water partition coefficient (Wildman–Crippen LogP) is 13.5. The van der Waals surface area contributed by atoms with Crippen LogP contribution in [0.4, 0.5) is 0 Å². The van der Waals surface area contributed by atoms with Crippen molar-refractivity contribution in [1.29, 1.82) is 0 Å². The van der Waals surface area contributed by atoms with Crippen LogP contribution in [0, 0.1) is 0 Å². The Morgan fingerprint density at radius 2 is 0.912 bits per heavy atom. The molecule has 0 spiro atoms. The molecule has 0 saturated carbocycles. The Labute approximate surface area is 332 Å². The van der Waals surface area contributed by atoms with Crippen LogP contribution < -0.4 is 0 Å². The van der Waals surface area contributed by atoms with Gasteiger partial charge in [0.15, 0.2) is 17.5 Å². The molecule has 0 atom stereocenters. The van der Waals surface area contributed by atoms with Crippen molar-refractivity contribution in [2.45, 2.75) is 5.41 Å². The Morgan fingerprint density at radius 1 is 0.368 bits per heavy atom. The van der Waals surface area contributed by atoms with E-state index < -0.39 is 5.41 Å². The highest BCUT2D eigenvalue weighted by Crippen LogP contribution is 2.56. The molecule has 0 radical (unpaired) electrons. The standard InChI is InChI=1S/C52H31N3OS/c1-2-12-32(13-3-1)49-53-50(55-51(54-49)34-24-29-46-42(30-34)39-16-6-10-20-45(39)56-46)33-22-25-35(26-23-33)52(43-18-8-4-14-37(43)38-15-5-9-19-44(38)52)36-27-28-41-40-17-7-11-21-47(40)57-48(41)31-36/h1-31H. The average Bonchev–Trinajstić information content (AvgIpc) is 3.94. The van der Waals surface area contributed by atoms with Crippen LogP contribution in [0.2, 0.25) is 0 Å². The third-order valence-corrected chi connectivity index (χ3v) is 12.8. The molecule has 1 aliphatic rings. The van der Waals surface area contributed by atoms with E-state index in [0.29, 0.717) is 17.5 Å². The zero-order valence-electron chi connectivity index (χ0n) is 30.6. The van der Waals surface area contributed by atoms with Crippen LogP contribution in [0.5, 0.6) is 0 Å². The number of thiophene rings is 1. The number of furan rings is 1. The van der Waals surface area contributed by atoms with Gasteiger partial charge in [0.1, 0.15) is 11.2 Å². The van der Waals surface area contributed by atoms with Gasteiger partial charge in [0.05, 0.1) is 5.41 Å². The minimum absolute atomic E-state index is 0.529. The lowest BCUT2D eigenvalue weighted by atomic mass is 9.67. The summed E-state index contributed by atoms with van der Waals surface area (Å²) in [4.78, 5) is 15.3. The molecule has 0 fully saturated rings. The molecule has 0 saturated heterocycles. The van der Waals surface area contributed by atoms with Gasteiger partial charge in [-0.15, -0.1) is 11.3 Å². The van der Waals surface area contributed by atoms with Crippen molar-refractivity contribution in [3.63, 3.8) is 0 Å². The molecule has 3 aromatic heterocycles. The van der Waals surface area contributed by atoms with E-state index in [1.807, 2.05) is 72.0 Å². The molecule has 0 bridgehead atoms. The van der Waals surface area contributed by atoms with Crippen LogP contribution in [0.15, 0.2) is 192 Å². The quantitative estimate of drug-likeness (QED) is 0.176. The van der Waals surface area contributed by atoms with Gasteiger partial charge in [-0.05, 0) is 69.8 Å². The zero-order valence-corrected chi connectivity index (χ0v) is 31.4. The number of hydrogen-bond donors (Lipinski definition) is 0. The van der Waals surface area contributed by atoms with E-state index in [4.69, 9.17) is 19.4 Å². The first-order chi connectivity index (χ1) is 28.2. The van der Waals surface area contributed by atoms with Crippen molar-refractivity contribution in [2.75, 3.05) is 0 Å². The molecule has 4 nitrogen and oxygen atoms in total. The van der Waals surface area contributed by atoms with Crippen LogP contribution in [0.25, 0.3) is 87.4 Å². The second-order valence-corrected chi connectivity index (χ2v) is 15.8. The largest absolute Gasteiger partial charge is 0.456 e. The van der Waals surface area contributed by atoms with Crippen molar-refractivity contribution < 1.29 is 4.42 Å². The number of nitrogens with zero attached hydrogens (tertiary/aromatic N) is 3.